The Morgan fingerprint density at radius 2 is 1.85 bits per heavy atom. The topological polar surface area (TPSA) is 68.3 Å². The standard InChI is InChI=1S/C20H16F2N2O3/c1-11-15(9-13-7-8-14(21)10-18(13)23-11)20(26)27-12(2)19(25)24-17-6-4-3-5-16(17)22/h3-10,12H,1-2H3,(H,24,25). The number of rotatable bonds is 4. The molecule has 3 rings (SSSR count). The third-order valence-corrected chi connectivity index (χ3v) is 3.97. The number of hydrogen-bond donors (Lipinski definition) is 1. The zero-order chi connectivity index (χ0) is 19.6. The fraction of sp³-hybridized carbons (Fsp3) is 0.150. The van der Waals surface area contributed by atoms with Gasteiger partial charge in [-0.3, -0.25) is 9.78 Å². The summed E-state index contributed by atoms with van der Waals surface area (Å²) in [6.45, 7) is 2.97. The van der Waals surface area contributed by atoms with E-state index in [2.05, 4.69) is 10.3 Å². The predicted octanol–water partition coefficient (Wildman–Crippen LogP) is 4.01. The largest absolute Gasteiger partial charge is 0.449 e. The lowest BCUT2D eigenvalue weighted by atomic mass is 10.1. The predicted molar refractivity (Wildman–Crippen MR) is 96.3 cm³/mol. The quantitative estimate of drug-likeness (QED) is 0.705. The van der Waals surface area contributed by atoms with Gasteiger partial charge in [0.05, 0.1) is 22.5 Å². The zero-order valence-corrected chi connectivity index (χ0v) is 14.6. The molecule has 1 heterocycles. The average molecular weight is 370 g/mol. The van der Waals surface area contributed by atoms with Gasteiger partial charge in [-0.15, -0.1) is 0 Å². The van der Waals surface area contributed by atoms with Gasteiger partial charge in [0.15, 0.2) is 6.10 Å². The lowest BCUT2D eigenvalue weighted by molar-refractivity contribution is -0.123. The molecule has 0 aliphatic carbocycles. The van der Waals surface area contributed by atoms with E-state index in [1.54, 1.807) is 13.0 Å². The first-order valence-corrected chi connectivity index (χ1v) is 8.18. The monoisotopic (exact) mass is 370 g/mol. The van der Waals surface area contributed by atoms with E-state index in [1.807, 2.05) is 0 Å². The Hall–Kier alpha value is -3.35. The molecule has 138 valence electrons. The third-order valence-electron chi connectivity index (χ3n) is 3.97. The van der Waals surface area contributed by atoms with Gasteiger partial charge in [0.2, 0.25) is 0 Å². The number of aryl methyl sites for hydroxylation is 1. The summed E-state index contributed by atoms with van der Waals surface area (Å²) in [5, 5.41) is 2.94. The number of nitrogens with one attached hydrogen (secondary N) is 1. The summed E-state index contributed by atoms with van der Waals surface area (Å²) in [5.74, 6) is -2.43. The minimum absolute atomic E-state index is 0.00372. The maximum Gasteiger partial charge on any atom is 0.340 e. The van der Waals surface area contributed by atoms with Crippen LogP contribution in [0.4, 0.5) is 14.5 Å². The number of amides is 1. The van der Waals surface area contributed by atoms with Crippen LogP contribution in [0.15, 0.2) is 48.5 Å². The fourth-order valence-corrected chi connectivity index (χ4v) is 2.52. The fourth-order valence-electron chi connectivity index (χ4n) is 2.52. The van der Waals surface area contributed by atoms with Crippen molar-refractivity contribution in [2.24, 2.45) is 0 Å². The highest BCUT2D eigenvalue weighted by Gasteiger charge is 2.22. The summed E-state index contributed by atoms with van der Waals surface area (Å²) >= 11 is 0. The minimum atomic E-state index is -1.15. The van der Waals surface area contributed by atoms with Crippen molar-refractivity contribution in [2.45, 2.75) is 20.0 Å². The molecule has 7 heteroatoms. The van der Waals surface area contributed by atoms with E-state index >= 15 is 0 Å². The molecule has 0 fully saturated rings. The third kappa shape index (κ3) is 4.08. The summed E-state index contributed by atoms with van der Waals surface area (Å²) in [6.07, 6.45) is -1.15. The molecule has 1 aromatic heterocycles. The van der Waals surface area contributed by atoms with Crippen LogP contribution in [-0.4, -0.2) is 23.0 Å². The molecular weight excluding hydrogens is 354 g/mol. The van der Waals surface area contributed by atoms with Gasteiger partial charge >= 0.3 is 5.97 Å². The van der Waals surface area contributed by atoms with Gasteiger partial charge in [-0.05, 0) is 44.2 Å². The zero-order valence-electron chi connectivity index (χ0n) is 14.6. The van der Waals surface area contributed by atoms with Crippen molar-refractivity contribution in [2.75, 3.05) is 5.32 Å². The number of fused-ring (bicyclic) bond motifs is 1. The number of ether oxygens (including phenoxy) is 1. The smallest absolute Gasteiger partial charge is 0.340 e. The van der Waals surface area contributed by atoms with Gasteiger partial charge in [-0.1, -0.05) is 12.1 Å². The highest BCUT2D eigenvalue weighted by atomic mass is 19.1. The van der Waals surface area contributed by atoms with E-state index in [4.69, 9.17) is 4.74 Å². The number of aromatic nitrogens is 1. The van der Waals surface area contributed by atoms with Crippen LogP contribution in [0.1, 0.15) is 23.0 Å². The molecule has 0 radical (unpaired) electrons. The van der Waals surface area contributed by atoms with Crippen molar-refractivity contribution < 1.29 is 23.1 Å². The van der Waals surface area contributed by atoms with Gasteiger partial charge < -0.3 is 10.1 Å². The second-order valence-corrected chi connectivity index (χ2v) is 5.97. The van der Waals surface area contributed by atoms with Crippen LogP contribution in [0.3, 0.4) is 0 Å². The lowest BCUT2D eigenvalue weighted by Crippen LogP contribution is -2.30. The Kier molecular flexibility index (Phi) is 5.12. The number of esters is 1. The molecule has 2 aromatic carbocycles. The van der Waals surface area contributed by atoms with Crippen LogP contribution < -0.4 is 5.32 Å². The van der Waals surface area contributed by atoms with E-state index in [-0.39, 0.29) is 11.3 Å². The maximum atomic E-state index is 13.6. The van der Waals surface area contributed by atoms with E-state index < -0.39 is 29.6 Å². The average Bonchev–Trinajstić information content (AvgIpc) is 2.62. The maximum absolute atomic E-state index is 13.6. The molecule has 1 atom stereocenters. The van der Waals surface area contributed by atoms with Crippen molar-refractivity contribution in [1.29, 1.82) is 0 Å². The van der Waals surface area contributed by atoms with Gasteiger partial charge in [-0.2, -0.15) is 0 Å². The Morgan fingerprint density at radius 1 is 1.11 bits per heavy atom. The molecule has 5 nitrogen and oxygen atoms in total. The highest BCUT2D eigenvalue weighted by molar-refractivity contribution is 5.99. The van der Waals surface area contributed by atoms with Crippen LogP contribution in [0.25, 0.3) is 10.9 Å². The molecule has 0 saturated heterocycles. The Morgan fingerprint density at radius 3 is 2.59 bits per heavy atom. The van der Waals surface area contributed by atoms with Crippen molar-refractivity contribution in [1.82, 2.24) is 4.98 Å². The van der Waals surface area contributed by atoms with E-state index in [0.717, 1.165) is 0 Å². The van der Waals surface area contributed by atoms with E-state index in [1.165, 1.54) is 49.4 Å². The molecule has 1 amide bonds. The molecule has 0 bridgehead atoms. The van der Waals surface area contributed by atoms with E-state index in [9.17, 15) is 18.4 Å². The number of carbonyl (C=O) groups excluding carboxylic acids is 2. The summed E-state index contributed by atoms with van der Waals surface area (Å²) < 4.78 is 32.1. The van der Waals surface area contributed by atoms with Crippen LogP contribution >= 0.6 is 0 Å². The second-order valence-electron chi connectivity index (χ2n) is 5.97. The molecule has 0 aliphatic heterocycles. The van der Waals surface area contributed by atoms with Crippen molar-refractivity contribution in [3.05, 3.63) is 71.4 Å². The summed E-state index contributed by atoms with van der Waals surface area (Å²) in [6, 6.07) is 11.2. The summed E-state index contributed by atoms with van der Waals surface area (Å²) in [4.78, 5) is 28.8. The molecular formula is C20H16F2N2O3. The minimum Gasteiger partial charge on any atom is -0.449 e. The Bertz CT molecular complexity index is 1040. The molecule has 3 aromatic rings. The van der Waals surface area contributed by atoms with Gasteiger partial charge in [0, 0.05) is 11.5 Å². The first-order chi connectivity index (χ1) is 12.8. The van der Waals surface area contributed by atoms with Crippen LogP contribution in [0.2, 0.25) is 0 Å². The lowest BCUT2D eigenvalue weighted by Gasteiger charge is -2.15. The van der Waals surface area contributed by atoms with Crippen LogP contribution in [0, 0.1) is 18.6 Å². The number of pyridine rings is 1. The van der Waals surface area contributed by atoms with Crippen molar-refractivity contribution >= 4 is 28.5 Å². The van der Waals surface area contributed by atoms with Gasteiger partial charge in [-0.25, -0.2) is 13.6 Å². The summed E-state index contributed by atoms with van der Waals surface area (Å²) in [7, 11) is 0. The van der Waals surface area contributed by atoms with Crippen LogP contribution in [-0.2, 0) is 9.53 Å². The number of para-hydroxylation sites is 1. The first-order valence-electron chi connectivity index (χ1n) is 8.18. The number of carbonyl (C=O) groups is 2. The number of benzene rings is 2. The molecule has 0 aliphatic rings. The van der Waals surface area contributed by atoms with Gasteiger partial charge in [0.25, 0.3) is 5.91 Å². The van der Waals surface area contributed by atoms with Gasteiger partial charge in [0.1, 0.15) is 11.6 Å². The Labute approximate surface area is 154 Å². The molecule has 0 saturated carbocycles. The number of halogens is 2. The second kappa shape index (κ2) is 7.49. The molecule has 1 N–H and O–H groups in total. The van der Waals surface area contributed by atoms with Crippen molar-refractivity contribution in [3.63, 3.8) is 0 Å². The van der Waals surface area contributed by atoms with Crippen molar-refractivity contribution in [3.8, 4) is 0 Å². The number of anilines is 1. The first kappa shape index (κ1) is 18.4. The molecule has 0 spiro atoms. The highest BCUT2D eigenvalue weighted by Crippen LogP contribution is 2.19. The number of nitrogens with zero attached hydrogens (tertiary/aromatic N) is 1. The van der Waals surface area contributed by atoms with E-state index in [0.29, 0.717) is 16.6 Å². The normalized spacial score (nSPS) is 11.9. The SMILES string of the molecule is Cc1nc2cc(F)ccc2cc1C(=O)OC(C)C(=O)Nc1ccccc1F. The number of hydrogen-bond acceptors (Lipinski definition) is 4. The summed E-state index contributed by atoms with van der Waals surface area (Å²) in [5.41, 5.74) is 0.921. The van der Waals surface area contributed by atoms with Crippen LogP contribution in [0.5, 0.6) is 0 Å². The molecule has 27 heavy (non-hydrogen) atoms. The molecule has 1 unspecified atom stereocenters. The Balaban J connectivity index is 1.75.